The van der Waals surface area contributed by atoms with E-state index in [1.165, 1.54) is 5.57 Å². The van der Waals surface area contributed by atoms with Gasteiger partial charge in [-0.2, -0.15) is 0 Å². The highest BCUT2D eigenvalue weighted by molar-refractivity contribution is 6.74. The van der Waals surface area contributed by atoms with Gasteiger partial charge in [0.25, 0.3) is 0 Å². The third-order valence-electron chi connectivity index (χ3n) is 9.29. The lowest BCUT2D eigenvalue weighted by atomic mass is 9.64. The van der Waals surface area contributed by atoms with E-state index in [1.807, 2.05) is 37.3 Å². The molecule has 2 aromatic carbocycles. The summed E-state index contributed by atoms with van der Waals surface area (Å²) in [5.41, 5.74) is 0.901. The van der Waals surface area contributed by atoms with E-state index in [2.05, 4.69) is 59.0 Å². The first-order chi connectivity index (χ1) is 16.8. The van der Waals surface area contributed by atoms with Crippen LogP contribution in [0.4, 0.5) is 0 Å². The summed E-state index contributed by atoms with van der Waals surface area (Å²) in [7, 11) is -0.255. The molecular weight excluding hydrogens is 464 g/mol. The summed E-state index contributed by atoms with van der Waals surface area (Å²) < 4.78 is 19.0. The Morgan fingerprint density at radius 2 is 1.72 bits per heavy atom. The molecule has 0 aliphatic heterocycles. The molecular formula is C31H44O4Si. The normalized spacial score (nSPS) is 26.6. The molecule has 0 unspecified atom stereocenters. The van der Waals surface area contributed by atoms with E-state index in [1.54, 1.807) is 7.11 Å². The van der Waals surface area contributed by atoms with Crippen molar-refractivity contribution in [2.24, 2.45) is 5.41 Å². The van der Waals surface area contributed by atoms with Gasteiger partial charge in [-0.15, -0.1) is 0 Å². The summed E-state index contributed by atoms with van der Waals surface area (Å²) in [6.45, 7) is 15.6. The quantitative estimate of drug-likeness (QED) is 0.226. The fourth-order valence-electron chi connectivity index (χ4n) is 5.66. The highest BCUT2D eigenvalue weighted by Gasteiger charge is 2.49. The molecule has 0 bridgehead atoms. The standard InChI is InChI=1S/C31H44O4Si/c1-29(2,3)36(7,8)35-24-19-20-30(4)23(21-24)15-12-18-27(30)34-28(32)31(5,33-6)26-17-11-14-22-13-9-10-16-25(22)26/h9-11,13-14,16-17,21,24,27H,12,15,18-20H2,1-8H3/t24-,27-,30-,31+/m1/s1. The summed E-state index contributed by atoms with van der Waals surface area (Å²) >= 11 is 0. The van der Waals surface area contributed by atoms with Crippen LogP contribution in [0.2, 0.25) is 18.1 Å². The van der Waals surface area contributed by atoms with Crippen LogP contribution in [-0.2, 0) is 24.3 Å². The van der Waals surface area contributed by atoms with Crippen LogP contribution in [0.3, 0.4) is 0 Å². The Morgan fingerprint density at radius 1 is 1.03 bits per heavy atom. The Kier molecular flexibility index (Phi) is 7.33. The lowest BCUT2D eigenvalue weighted by molar-refractivity contribution is -0.181. The number of benzene rings is 2. The Balaban J connectivity index is 1.58. The minimum atomic E-state index is -1.85. The van der Waals surface area contributed by atoms with Crippen LogP contribution in [0, 0.1) is 5.41 Å². The predicted molar refractivity (Wildman–Crippen MR) is 150 cm³/mol. The molecule has 0 spiro atoms. The molecule has 0 saturated heterocycles. The van der Waals surface area contributed by atoms with Crippen LogP contribution in [0.1, 0.15) is 72.3 Å². The van der Waals surface area contributed by atoms with E-state index in [0.29, 0.717) is 0 Å². The zero-order chi connectivity index (χ0) is 26.4. The van der Waals surface area contributed by atoms with Gasteiger partial charge in [-0.25, -0.2) is 4.79 Å². The number of hydrogen-bond acceptors (Lipinski definition) is 4. The van der Waals surface area contributed by atoms with Crippen LogP contribution in [0.15, 0.2) is 54.1 Å². The van der Waals surface area contributed by atoms with Crippen molar-refractivity contribution >= 4 is 25.1 Å². The van der Waals surface area contributed by atoms with Crippen LogP contribution in [-0.4, -0.2) is 33.6 Å². The van der Waals surface area contributed by atoms with Crippen LogP contribution in [0.25, 0.3) is 10.8 Å². The maximum atomic E-state index is 13.8. The highest BCUT2D eigenvalue weighted by Crippen LogP contribution is 2.50. The van der Waals surface area contributed by atoms with Gasteiger partial charge in [-0.05, 0) is 67.9 Å². The number of rotatable bonds is 6. The van der Waals surface area contributed by atoms with Crippen molar-refractivity contribution in [3.63, 3.8) is 0 Å². The number of hydrogen-bond donors (Lipinski definition) is 0. The summed E-state index contributed by atoms with van der Waals surface area (Å²) in [5, 5.41) is 2.28. The number of carbonyl (C=O) groups is 1. The summed E-state index contributed by atoms with van der Waals surface area (Å²) in [6, 6.07) is 14.1. The molecule has 2 aromatic rings. The number of methoxy groups -OCH3 is 1. The van der Waals surface area contributed by atoms with Gasteiger partial charge in [-0.1, -0.05) is 81.8 Å². The van der Waals surface area contributed by atoms with E-state index < -0.39 is 13.9 Å². The molecule has 36 heavy (non-hydrogen) atoms. The smallest absolute Gasteiger partial charge is 0.343 e. The SMILES string of the molecule is CO[C@](C)(C(=O)O[C@@H]1CCCC2=C[C@H](O[Si](C)(C)C(C)(C)C)CC[C@]21C)c1cccc2ccccc12. The summed E-state index contributed by atoms with van der Waals surface area (Å²) in [4.78, 5) is 13.8. The fourth-order valence-corrected chi connectivity index (χ4v) is 6.95. The number of esters is 1. The number of carbonyl (C=O) groups excluding carboxylic acids is 1. The topological polar surface area (TPSA) is 44.8 Å². The molecule has 5 heteroatoms. The highest BCUT2D eigenvalue weighted by atomic mass is 28.4. The van der Waals surface area contributed by atoms with Crippen LogP contribution < -0.4 is 0 Å². The average Bonchev–Trinajstić information content (AvgIpc) is 2.83. The molecule has 4 nitrogen and oxygen atoms in total. The van der Waals surface area contributed by atoms with E-state index in [0.717, 1.165) is 48.4 Å². The van der Waals surface area contributed by atoms with Gasteiger partial charge in [0.15, 0.2) is 13.9 Å². The van der Waals surface area contributed by atoms with Gasteiger partial charge in [0.2, 0.25) is 0 Å². The first-order valence-corrected chi connectivity index (χ1v) is 16.4. The maximum absolute atomic E-state index is 13.8. The van der Waals surface area contributed by atoms with Crippen molar-refractivity contribution in [1.29, 1.82) is 0 Å². The monoisotopic (exact) mass is 508 g/mol. The molecule has 196 valence electrons. The first-order valence-electron chi connectivity index (χ1n) is 13.5. The maximum Gasteiger partial charge on any atom is 0.343 e. The lowest BCUT2D eigenvalue weighted by Crippen LogP contribution is -2.49. The zero-order valence-electron chi connectivity index (χ0n) is 23.4. The van der Waals surface area contributed by atoms with Crippen molar-refractivity contribution in [3.05, 3.63) is 59.7 Å². The van der Waals surface area contributed by atoms with Gasteiger partial charge < -0.3 is 13.9 Å². The molecule has 4 rings (SSSR count). The largest absolute Gasteiger partial charge is 0.459 e. The van der Waals surface area contributed by atoms with E-state index >= 15 is 0 Å². The molecule has 0 radical (unpaired) electrons. The van der Waals surface area contributed by atoms with Crippen molar-refractivity contribution in [2.75, 3.05) is 7.11 Å². The fraction of sp³-hybridized carbons (Fsp3) is 0.581. The second-order valence-corrected chi connectivity index (χ2v) is 17.4. The molecule has 0 heterocycles. The molecule has 1 saturated carbocycles. The van der Waals surface area contributed by atoms with Gasteiger partial charge in [0, 0.05) is 18.1 Å². The van der Waals surface area contributed by atoms with Gasteiger partial charge >= 0.3 is 5.97 Å². The second kappa shape index (κ2) is 9.73. The van der Waals surface area contributed by atoms with E-state index in [9.17, 15) is 4.79 Å². The minimum Gasteiger partial charge on any atom is -0.459 e. The average molecular weight is 509 g/mol. The number of ether oxygens (including phenoxy) is 2. The molecule has 0 aromatic heterocycles. The molecule has 0 amide bonds. The molecule has 4 atom stereocenters. The van der Waals surface area contributed by atoms with Crippen molar-refractivity contribution in [2.45, 2.75) is 103 Å². The Morgan fingerprint density at radius 3 is 2.42 bits per heavy atom. The Bertz CT molecular complexity index is 1140. The van der Waals surface area contributed by atoms with E-state index in [-0.39, 0.29) is 28.6 Å². The summed E-state index contributed by atoms with van der Waals surface area (Å²) in [6.07, 6.45) is 7.23. The summed E-state index contributed by atoms with van der Waals surface area (Å²) in [5.74, 6) is -0.312. The van der Waals surface area contributed by atoms with Crippen molar-refractivity contribution in [3.8, 4) is 0 Å². The second-order valence-electron chi connectivity index (χ2n) is 12.6. The van der Waals surface area contributed by atoms with E-state index in [4.69, 9.17) is 13.9 Å². The zero-order valence-corrected chi connectivity index (χ0v) is 24.4. The van der Waals surface area contributed by atoms with Crippen LogP contribution in [0.5, 0.6) is 0 Å². The van der Waals surface area contributed by atoms with Gasteiger partial charge in [0.1, 0.15) is 6.10 Å². The van der Waals surface area contributed by atoms with Crippen LogP contribution >= 0.6 is 0 Å². The van der Waals surface area contributed by atoms with Crippen molar-refractivity contribution in [1.82, 2.24) is 0 Å². The van der Waals surface area contributed by atoms with Gasteiger partial charge in [-0.3, -0.25) is 0 Å². The predicted octanol–water partition coefficient (Wildman–Crippen LogP) is 7.91. The molecule has 2 aliphatic rings. The molecule has 1 fully saturated rings. The van der Waals surface area contributed by atoms with Crippen molar-refractivity contribution < 1.29 is 18.7 Å². The van der Waals surface area contributed by atoms with Gasteiger partial charge in [0.05, 0.1) is 6.10 Å². The first kappa shape index (κ1) is 27.1. The minimum absolute atomic E-state index is 0.156. The Hall–Kier alpha value is -1.95. The third kappa shape index (κ3) is 4.82. The molecule has 0 N–H and O–H groups in total. The molecule has 2 aliphatic carbocycles. The third-order valence-corrected chi connectivity index (χ3v) is 13.8. The lowest BCUT2D eigenvalue weighted by Gasteiger charge is -2.48. The Labute approximate surface area is 218 Å². The number of fused-ring (bicyclic) bond motifs is 2.